The first-order valence-electron chi connectivity index (χ1n) is 18.2. The normalized spacial score (nSPS) is 13.7. The summed E-state index contributed by atoms with van der Waals surface area (Å²) in [5.41, 5.74) is -4.95. The number of carbonyl (C=O) groups excluding carboxylic acids is 2. The molecule has 2 heterocycles. The molecule has 0 N–H and O–H groups in total. The highest BCUT2D eigenvalue weighted by Crippen LogP contribution is 2.47. The Morgan fingerprint density at radius 3 is 1.88 bits per heavy atom. The van der Waals surface area contributed by atoms with Crippen molar-refractivity contribution >= 4 is 32.1 Å². The second-order valence-corrected chi connectivity index (χ2v) is 20.2. The maximum absolute atomic E-state index is 16.4. The predicted molar refractivity (Wildman–Crippen MR) is 200 cm³/mol. The Morgan fingerprint density at radius 2 is 1.36 bits per heavy atom. The number of pyridine rings is 1. The summed E-state index contributed by atoms with van der Waals surface area (Å²) < 4.78 is 116. The molecule has 2 amide bonds. The van der Waals surface area contributed by atoms with Crippen molar-refractivity contribution in [2.45, 2.75) is 117 Å². The quantitative estimate of drug-likeness (QED) is 0.0747. The largest absolute Gasteiger partial charge is 0.487 e. The Kier molecular flexibility index (Phi) is 12.9. The average molecular weight is 811 g/mol. The number of amides is 2. The highest BCUT2D eigenvalue weighted by Gasteiger charge is 2.55. The van der Waals surface area contributed by atoms with E-state index in [0.717, 1.165) is 16.6 Å². The van der Waals surface area contributed by atoms with Crippen molar-refractivity contribution in [3.8, 4) is 16.9 Å². The minimum atomic E-state index is -3.71. The Morgan fingerprint density at radius 1 is 0.804 bits per heavy atom. The Balaban J connectivity index is 1.68. The van der Waals surface area contributed by atoms with Gasteiger partial charge < -0.3 is 18.6 Å². The number of nitrogens with zero attached hydrogens (tertiary/aromatic N) is 4. The molecule has 0 radical (unpaired) electrons. The lowest BCUT2D eigenvalue weighted by Crippen LogP contribution is -2.53. The number of hydrogen-bond donors (Lipinski definition) is 0. The molecule has 0 aliphatic carbocycles. The van der Waals surface area contributed by atoms with Crippen LogP contribution in [0.4, 0.5) is 41.9 Å². The number of carbonyl (C=O) groups is 2. The summed E-state index contributed by atoms with van der Waals surface area (Å²) in [7, 11) is -2.73. The van der Waals surface area contributed by atoms with Crippen molar-refractivity contribution in [2.75, 3.05) is 11.5 Å². The van der Waals surface area contributed by atoms with Crippen LogP contribution in [0.1, 0.15) is 81.2 Å². The third-order valence-electron chi connectivity index (χ3n) is 9.21. The van der Waals surface area contributed by atoms with Gasteiger partial charge in [-0.15, -0.1) is 10.00 Å². The van der Waals surface area contributed by atoms with Crippen LogP contribution in [0.2, 0.25) is 18.1 Å². The molecule has 4 aromatic rings. The summed E-state index contributed by atoms with van der Waals surface area (Å²) >= 11 is 0. The summed E-state index contributed by atoms with van der Waals surface area (Å²) in [4.78, 5) is 30.9. The van der Waals surface area contributed by atoms with Crippen LogP contribution in [0, 0.1) is 23.3 Å². The fourth-order valence-corrected chi connectivity index (χ4v) is 9.00. The monoisotopic (exact) mass is 810 g/mol. The second-order valence-electron chi connectivity index (χ2n) is 15.5. The SMILES string of the molecule is CC[Si](CC)(CC)OC(C)(c1ccc(F)cc1)C(F)(F)CCOc1c(F)c(F)cc(-c2ccn3nc(N(C(=O)OC(C)(C)C)C(=O)OC(C)(C)C)nc3c2)c1F. The third kappa shape index (κ3) is 9.65. The molecule has 0 saturated carbocycles. The number of ether oxygens (including phenoxy) is 3. The Hall–Kier alpha value is -4.64. The number of aromatic nitrogens is 3. The predicted octanol–water partition coefficient (Wildman–Crippen LogP) is 11.0. The van der Waals surface area contributed by atoms with Gasteiger partial charge in [0.15, 0.2) is 31.3 Å². The van der Waals surface area contributed by atoms with Gasteiger partial charge in [-0.05, 0) is 108 Å². The molecular formula is C39H48F6N4O6Si. The maximum Gasteiger partial charge on any atom is 0.427 e. The lowest BCUT2D eigenvalue weighted by molar-refractivity contribution is -0.175. The molecule has 0 spiro atoms. The van der Waals surface area contributed by atoms with Crippen LogP contribution in [0.3, 0.4) is 0 Å². The fourth-order valence-electron chi connectivity index (χ4n) is 5.93. The molecule has 1 atom stereocenters. The van der Waals surface area contributed by atoms with Crippen molar-refractivity contribution in [3.05, 3.63) is 77.5 Å². The van der Waals surface area contributed by atoms with E-state index in [2.05, 4.69) is 10.1 Å². The molecule has 2 aromatic carbocycles. The average Bonchev–Trinajstić information content (AvgIpc) is 3.51. The Bertz CT molecular complexity index is 2010. The summed E-state index contributed by atoms with van der Waals surface area (Å²) in [6.07, 6.45) is -2.13. The zero-order valence-corrected chi connectivity index (χ0v) is 34.2. The summed E-state index contributed by atoms with van der Waals surface area (Å²) in [6.45, 7) is 15.3. The van der Waals surface area contributed by atoms with Gasteiger partial charge in [0, 0.05) is 18.2 Å². The van der Waals surface area contributed by atoms with Gasteiger partial charge in [-0.1, -0.05) is 32.9 Å². The van der Waals surface area contributed by atoms with Gasteiger partial charge in [-0.3, -0.25) is 0 Å². The van der Waals surface area contributed by atoms with Crippen LogP contribution in [-0.2, 0) is 19.5 Å². The number of hydrogen-bond acceptors (Lipinski definition) is 8. The molecule has 0 saturated heterocycles. The molecule has 306 valence electrons. The zero-order valence-electron chi connectivity index (χ0n) is 33.2. The van der Waals surface area contributed by atoms with E-state index >= 15 is 22.0 Å². The first-order valence-corrected chi connectivity index (χ1v) is 20.7. The van der Waals surface area contributed by atoms with Crippen LogP contribution >= 0.6 is 0 Å². The van der Waals surface area contributed by atoms with Crippen LogP contribution in [0.15, 0.2) is 48.7 Å². The lowest BCUT2D eigenvalue weighted by Gasteiger charge is -2.45. The third-order valence-corrected chi connectivity index (χ3v) is 13.9. The van der Waals surface area contributed by atoms with Gasteiger partial charge in [0.05, 0.1) is 6.61 Å². The molecule has 10 nitrogen and oxygen atoms in total. The smallest absolute Gasteiger partial charge is 0.427 e. The van der Waals surface area contributed by atoms with Gasteiger partial charge in [-0.25, -0.2) is 36.1 Å². The number of fused-ring (bicyclic) bond motifs is 1. The number of imide groups is 1. The highest BCUT2D eigenvalue weighted by atomic mass is 28.4. The molecule has 0 aliphatic rings. The number of alkyl halides is 2. The minimum Gasteiger partial charge on any atom is -0.487 e. The van der Waals surface area contributed by atoms with Crippen LogP contribution in [-0.4, -0.2) is 58.8 Å². The van der Waals surface area contributed by atoms with E-state index in [1.54, 1.807) is 41.5 Å². The summed E-state index contributed by atoms with van der Waals surface area (Å²) in [6, 6.07) is 9.14. The molecule has 0 aliphatic heterocycles. The molecule has 0 fully saturated rings. The lowest BCUT2D eigenvalue weighted by atomic mass is 9.87. The molecule has 1 unspecified atom stereocenters. The summed E-state index contributed by atoms with van der Waals surface area (Å²) in [5, 5.41) is 4.15. The minimum absolute atomic E-state index is 0.00821. The summed E-state index contributed by atoms with van der Waals surface area (Å²) in [5.74, 6) is -10.7. The topological polar surface area (TPSA) is 104 Å². The molecular weight excluding hydrogens is 763 g/mol. The first kappa shape index (κ1) is 44.1. The maximum atomic E-state index is 16.4. The van der Waals surface area contributed by atoms with Crippen LogP contribution < -0.4 is 9.64 Å². The van der Waals surface area contributed by atoms with Gasteiger partial charge >= 0.3 is 12.2 Å². The standard InChI is InChI=1S/C39H48F6N4O6Si/c1-11-56(12-2,13-3)55-38(10,25-14-16-26(40)17-15-25)39(44,45)19-21-52-32-30(42)27(23-28(41)31(32)43)24-18-20-48-29(22-24)46-33(47-48)49(34(50)53-36(4,5)6)35(51)54-37(7,8)9/h14-18,20,22-23H,11-13,19,21H2,1-10H3. The van der Waals surface area contributed by atoms with Crippen molar-refractivity contribution in [1.82, 2.24) is 14.6 Å². The first-order chi connectivity index (χ1) is 25.9. The van der Waals surface area contributed by atoms with E-state index < -0.39 is 96.8 Å². The second kappa shape index (κ2) is 16.4. The van der Waals surface area contributed by atoms with Gasteiger partial charge in [-0.2, -0.15) is 9.37 Å². The van der Waals surface area contributed by atoms with Crippen LogP contribution in [0.5, 0.6) is 5.75 Å². The number of anilines is 1. The van der Waals surface area contributed by atoms with E-state index in [9.17, 15) is 14.0 Å². The van der Waals surface area contributed by atoms with Crippen molar-refractivity contribution < 1.29 is 54.6 Å². The van der Waals surface area contributed by atoms with E-state index in [1.165, 1.54) is 37.4 Å². The number of halogens is 6. The van der Waals surface area contributed by atoms with E-state index in [0.29, 0.717) is 29.1 Å². The molecule has 17 heteroatoms. The van der Waals surface area contributed by atoms with E-state index in [1.807, 2.05) is 20.8 Å². The van der Waals surface area contributed by atoms with E-state index in [4.69, 9.17) is 18.6 Å². The van der Waals surface area contributed by atoms with Crippen LogP contribution in [0.25, 0.3) is 16.8 Å². The van der Waals surface area contributed by atoms with Gasteiger partial charge in [0.25, 0.3) is 11.9 Å². The number of rotatable bonds is 13. The molecule has 4 rings (SSSR count). The van der Waals surface area contributed by atoms with Crippen molar-refractivity contribution in [2.24, 2.45) is 0 Å². The molecule has 56 heavy (non-hydrogen) atoms. The van der Waals surface area contributed by atoms with Crippen molar-refractivity contribution in [3.63, 3.8) is 0 Å². The fraction of sp³-hybridized carbons (Fsp3) is 0.487. The number of benzene rings is 2. The van der Waals surface area contributed by atoms with Gasteiger partial charge in [0.2, 0.25) is 5.82 Å². The highest BCUT2D eigenvalue weighted by molar-refractivity contribution is 6.73. The van der Waals surface area contributed by atoms with E-state index in [-0.39, 0.29) is 16.8 Å². The van der Waals surface area contributed by atoms with Gasteiger partial charge in [0.1, 0.15) is 22.6 Å². The molecule has 0 bridgehead atoms. The Labute approximate surface area is 323 Å². The zero-order chi connectivity index (χ0) is 42.0. The molecule has 2 aromatic heterocycles. The van der Waals surface area contributed by atoms with Crippen molar-refractivity contribution in [1.29, 1.82) is 0 Å².